The molecule has 3 aromatic rings. The van der Waals surface area contributed by atoms with Gasteiger partial charge in [0.15, 0.2) is 0 Å². The van der Waals surface area contributed by atoms with Crippen LogP contribution in [0.25, 0.3) is 10.9 Å². The van der Waals surface area contributed by atoms with Crippen molar-refractivity contribution in [3.05, 3.63) is 42.2 Å². The molecule has 0 aliphatic carbocycles. The molecule has 1 N–H and O–H groups in total. The zero-order valence-corrected chi connectivity index (χ0v) is 17.7. The number of nitrogens with zero attached hydrogens (tertiary/aromatic N) is 4. The molecule has 2 aromatic heterocycles. The molecule has 6 nitrogen and oxygen atoms in total. The molecule has 1 fully saturated rings. The van der Waals surface area contributed by atoms with E-state index >= 15 is 0 Å². The molecule has 0 saturated carbocycles. The number of carbonyl (C=O) groups is 1. The monoisotopic (exact) mass is 431 g/mol. The number of aromatic nitrogens is 3. The van der Waals surface area contributed by atoms with Crippen molar-refractivity contribution in [2.75, 3.05) is 29.6 Å². The van der Waals surface area contributed by atoms with E-state index in [0.29, 0.717) is 29.9 Å². The molecule has 1 saturated heterocycles. The van der Waals surface area contributed by atoms with Crippen LogP contribution in [0, 0.1) is 0 Å². The van der Waals surface area contributed by atoms with Gasteiger partial charge in [0.05, 0.1) is 28.0 Å². The highest BCUT2D eigenvalue weighted by Crippen LogP contribution is 2.33. The Morgan fingerprint density at radius 2 is 2.07 bits per heavy atom. The number of hydrogen-bond acceptors (Lipinski definition) is 5. The number of benzene rings is 1. The lowest BCUT2D eigenvalue weighted by Crippen LogP contribution is -2.28. The number of nitrogens with one attached hydrogen (secondary N) is 1. The summed E-state index contributed by atoms with van der Waals surface area (Å²) >= 11 is 1.49. The van der Waals surface area contributed by atoms with Crippen molar-refractivity contribution in [2.24, 2.45) is 7.05 Å². The molecule has 3 heterocycles. The fourth-order valence-corrected chi connectivity index (χ4v) is 4.15. The standard InChI is InChI=1S/C21H23F2N5OS/c1-27-17-12-18(28-8-3-5-21(22,23)6-9-28)16(10-14(17)13-25-27)20(29)26-15-4-7-24-19(11-15)30-2/h4,7,10-13H,3,5-6,8-9H2,1-2H3,(H,24,26,29). The van der Waals surface area contributed by atoms with Crippen LogP contribution < -0.4 is 10.2 Å². The minimum atomic E-state index is -2.67. The Labute approximate surface area is 177 Å². The largest absolute Gasteiger partial charge is 0.371 e. The summed E-state index contributed by atoms with van der Waals surface area (Å²) in [5.41, 5.74) is 2.59. The fraction of sp³-hybridized carbons (Fsp3) is 0.381. The van der Waals surface area contributed by atoms with Crippen molar-refractivity contribution in [3.63, 3.8) is 0 Å². The first kappa shape index (κ1) is 20.6. The van der Waals surface area contributed by atoms with Gasteiger partial charge < -0.3 is 10.2 Å². The van der Waals surface area contributed by atoms with E-state index in [1.54, 1.807) is 35.3 Å². The van der Waals surface area contributed by atoms with E-state index in [-0.39, 0.29) is 25.3 Å². The van der Waals surface area contributed by atoms with E-state index in [1.165, 1.54) is 11.8 Å². The molecule has 1 aliphatic rings. The van der Waals surface area contributed by atoms with E-state index in [9.17, 15) is 13.6 Å². The first-order chi connectivity index (χ1) is 14.4. The lowest BCUT2D eigenvalue weighted by atomic mass is 10.1. The molecule has 158 valence electrons. The second kappa shape index (κ2) is 8.22. The van der Waals surface area contributed by atoms with Crippen LogP contribution in [0.4, 0.5) is 20.2 Å². The van der Waals surface area contributed by atoms with Gasteiger partial charge in [0.1, 0.15) is 0 Å². The molecule has 0 radical (unpaired) electrons. The maximum atomic E-state index is 13.9. The molecule has 9 heteroatoms. The highest BCUT2D eigenvalue weighted by atomic mass is 32.2. The molecule has 0 atom stereocenters. The molecule has 1 amide bonds. The molecular weight excluding hydrogens is 408 g/mol. The number of hydrogen-bond donors (Lipinski definition) is 1. The van der Waals surface area contributed by atoms with Gasteiger partial charge >= 0.3 is 0 Å². The number of thioether (sulfide) groups is 1. The van der Waals surface area contributed by atoms with Crippen molar-refractivity contribution in [2.45, 2.75) is 30.2 Å². The summed E-state index contributed by atoms with van der Waals surface area (Å²) in [5, 5.41) is 8.81. The predicted octanol–water partition coefficient (Wildman–Crippen LogP) is 4.57. The quantitative estimate of drug-likeness (QED) is 0.613. The van der Waals surface area contributed by atoms with Crippen molar-refractivity contribution >= 4 is 39.9 Å². The third-order valence-corrected chi connectivity index (χ3v) is 6.01. The number of aryl methyl sites for hydroxylation is 1. The van der Waals surface area contributed by atoms with Crippen LogP contribution in [-0.2, 0) is 7.05 Å². The van der Waals surface area contributed by atoms with Crippen LogP contribution in [0.3, 0.4) is 0 Å². The molecule has 4 rings (SSSR count). The molecule has 0 unspecified atom stereocenters. The van der Waals surface area contributed by atoms with Gasteiger partial charge in [-0.1, -0.05) is 0 Å². The maximum absolute atomic E-state index is 13.9. The molecule has 0 spiro atoms. The predicted molar refractivity (Wildman–Crippen MR) is 116 cm³/mol. The van der Waals surface area contributed by atoms with Gasteiger partial charge in [0, 0.05) is 50.2 Å². The lowest BCUT2D eigenvalue weighted by Gasteiger charge is -2.25. The van der Waals surface area contributed by atoms with E-state index in [1.807, 2.05) is 24.3 Å². The van der Waals surface area contributed by atoms with Crippen molar-refractivity contribution in [3.8, 4) is 0 Å². The van der Waals surface area contributed by atoms with Crippen LogP contribution in [0.5, 0.6) is 0 Å². The van der Waals surface area contributed by atoms with Gasteiger partial charge in [-0.3, -0.25) is 9.48 Å². The summed E-state index contributed by atoms with van der Waals surface area (Å²) < 4.78 is 29.5. The lowest BCUT2D eigenvalue weighted by molar-refractivity contribution is -0.0102. The number of alkyl halides is 2. The zero-order valence-electron chi connectivity index (χ0n) is 16.9. The molecule has 0 bridgehead atoms. The van der Waals surface area contributed by atoms with Gasteiger partial charge in [0.25, 0.3) is 5.91 Å². The molecular formula is C21H23F2N5OS. The second-order valence-electron chi connectivity index (χ2n) is 7.43. The Hall–Kier alpha value is -2.68. The topological polar surface area (TPSA) is 63.1 Å². The van der Waals surface area contributed by atoms with E-state index in [0.717, 1.165) is 15.9 Å². The number of anilines is 2. The van der Waals surface area contributed by atoms with Crippen LogP contribution >= 0.6 is 11.8 Å². The maximum Gasteiger partial charge on any atom is 0.257 e. The van der Waals surface area contributed by atoms with Crippen LogP contribution in [0.15, 0.2) is 41.7 Å². The number of amides is 1. The Bertz CT molecular complexity index is 1080. The van der Waals surface area contributed by atoms with E-state index in [2.05, 4.69) is 15.4 Å². The summed E-state index contributed by atoms with van der Waals surface area (Å²) in [4.78, 5) is 19.3. The number of fused-ring (bicyclic) bond motifs is 1. The third-order valence-electron chi connectivity index (χ3n) is 5.37. The van der Waals surface area contributed by atoms with Gasteiger partial charge in [0.2, 0.25) is 5.92 Å². The third kappa shape index (κ3) is 4.26. The SMILES string of the molecule is CSc1cc(NC(=O)c2cc3cnn(C)c3cc2N2CCCC(F)(F)CC2)ccn1. The summed E-state index contributed by atoms with van der Waals surface area (Å²) in [6, 6.07) is 7.19. The van der Waals surface area contributed by atoms with Crippen LogP contribution in [0.2, 0.25) is 0 Å². The highest BCUT2D eigenvalue weighted by Gasteiger charge is 2.32. The minimum absolute atomic E-state index is 0.131. The van der Waals surface area contributed by atoms with Gasteiger partial charge in [-0.15, -0.1) is 11.8 Å². The Morgan fingerprint density at radius 1 is 1.23 bits per heavy atom. The first-order valence-electron chi connectivity index (χ1n) is 9.76. The summed E-state index contributed by atoms with van der Waals surface area (Å²) in [5.74, 6) is -2.95. The van der Waals surface area contributed by atoms with Crippen molar-refractivity contribution < 1.29 is 13.6 Å². The molecule has 1 aliphatic heterocycles. The number of carbonyl (C=O) groups excluding carboxylic acids is 1. The Balaban J connectivity index is 1.72. The average Bonchev–Trinajstić information content (AvgIpc) is 2.98. The zero-order chi connectivity index (χ0) is 21.3. The van der Waals surface area contributed by atoms with E-state index < -0.39 is 5.92 Å². The van der Waals surface area contributed by atoms with Gasteiger partial charge in [-0.2, -0.15) is 5.10 Å². The first-order valence-corrected chi connectivity index (χ1v) is 11.0. The molecule has 1 aromatic carbocycles. The average molecular weight is 432 g/mol. The molecule has 30 heavy (non-hydrogen) atoms. The second-order valence-corrected chi connectivity index (χ2v) is 8.26. The number of pyridine rings is 1. The number of halogens is 2. The van der Waals surface area contributed by atoms with Crippen LogP contribution in [-0.4, -0.2) is 45.9 Å². The smallest absolute Gasteiger partial charge is 0.257 e. The van der Waals surface area contributed by atoms with E-state index in [4.69, 9.17) is 0 Å². The Morgan fingerprint density at radius 3 is 2.87 bits per heavy atom. The van der Waals surface area contributed by atoms with Crippen LogP contribution in [0.1, 0.15) is 29.6 Å². The number of rotatable bonds is 4. The van der Waals surface area contributed by atoms with Gasteiger partial charge in [-0.25, -0.2) is 13.8 Å². The Kier molecular flexibility index (Phi) is 5.64. The summed E-state index contributed by atoms with van der Waals surface area (Å²) in [6.45, 7) is 0.674. The fourth-order valence-electron chi connectivity index (χ4n) is 3.73. The highest BCUT2D eigenvalue weighted by molar-refractivity contribution is 7.98. The minimum Gasteiger partial charge on any atom is -0.371 e. The summed E-state index contributed by atoms with van der Waals surface area (Å²) in [7, 11) is 1.82. The van der Waals surface area contributed by atoms with Gasteiger partial charge in [-0.05, 0) is 36.9 Å². The van der Waals surface area contributed by atoms with Crippen molar-refractivity contribution in [1.82, 2.24) is 14.8 Å². The van der Waals surface area contributed by atoms with Crippen molar-refractivity contribution in [1.29, 1.82) is 0 Å². The normalized spacial score (nSPS) is 16.5. The summed E-state index contributed by atoms with van der Waals surface area (Å²) in [6.07, 6.45) is 5.27.